The standard InChI is InChI=1S/C24H33N3O5/c1-6-17(7-2)26-23(29)27-18-10-13-20(21(14-18)30-5)31-19-11-8-16(9-12-19)15-24(3,4)32-22(25)28/h8-14,17H,6-7,15H2,1-5H3,(H2,25,28)(H2,26,27,29). The Labute approximate surface area is 189 Å². The van der Waals surface area contributed by atoms with Crippen molar-refractivity contribution in [3.63, 3.8) is 0 Å². The Bertz CT molecular complexity index is 908. The molecule has 0 aliphatic rings. The summed E-state index contributed by atoms with van der Waals surface area (Å²) in [4.78, 5) is 23.2. The van der Waals surface area contributed by atoms with Crippen LogP contribution in [-0.4, -0.2) is 30.9 Å². The molecule has 0 aliphatic heterocycles. The van der Waals surface area contributed by atoms with Crippen molar-refractivity contribution in [2.75, 3.05) is 12.4 Å². The van der Waals surface area contributed by atoms with E-state index in [1.807, 2.05) is 38.1 Å². The lowest BCUT2D eigenvalue weighted by atomic mass is 9.98. The van der Waals surface area contributed by atoms with Gasteiger partial charge in [-0.15, -0.1) is 0 Å². The van der Waals surface area contributed by atoms with Crippen LogP contribution in [0, 0.1) is 0 Å². The number of primary amides is 1. The molecule has 0 unspecified atom stereocenters. The molecule has 174 valence electrons. The predicted molar refractivity (Wildman–Crippen MR) is 124 cm³/mol. The van der Waals surface area contributed by atoms with Gasteiger partial charge in [0.2, 0.25) is 0 Å². The number of carbonyl (C=O) groups excluding carboxylic acids is 2. The number of urea groups is 1. The van der Waals surface area contributed by atoms with Gasteiger partial charge in [0.05, 0.1) is 7.11 Å². The first-order valence-electron chi connectivity index (χ1n) is 10.7. The van der Waals surface area contributed by atoms with Crippen molar-refractivity contribution in [3.05, 3.63) is 48.0 Å². The molecule has 0 radical (unpaired) electrons. The van der Waals surface area contributed by atoms with Gasteiger partial charge >= 0.3 is 12.1 Å². The third-order valence-electron chi connectivity index (χ3n) is 4.90. The Morgan fingerprint density at radius 2 is 1.69 bits per heavy atom. The Morgan fingerprint density at radius 1 is 1.03 bits per heavy atom. The fourth-order valence-corrected chi connectivity index (χ4v) is 3.28. The molecule has 8 heteroatoms. The third kappa shape index (κ3) is 7.68. The van der Waals surface area contributed by atoms with Crippen LogP contribution in [0.1, 0.15) is 46.1 Å². The third-order valence-corrected chi connectivity index (χ3v) is 4.90. The van der Waals surface area contributed by atoms with E-state index in [1.165, 1.54) is 0 Å². The fourth-order valence-electron chi connectivity index (χ4n) is 3.28. The number of rotatable bonds is 10. The van der Waals surface area contributed by atoms with Crippen LogP contribution in [0.3, 0.4) is 0 Å². The van der Waals surface area contributed by atoms with Gasteiger partial charge in [-0.25, -0.2) is 9.59 Å². The Hall–Kier alpha value is -3.42. The summed E-state index contributed by atoms with van der Waals surface area (Å²) in [6.07, 6.45) is 1.45. The maximum atomic E-state index is 12.2. The summed E-state index contributed by atoms with van der Waals surface area (Å²) < 4.78 is 16.5. The van der Waals surface area contributed by atoms with E-state index in [0.717, 1.165) is 18.4 Å². The molecule has 0 aromatic heterocycles. The van der Waals surface area contributed by atoms with E-state index in [2.05, 4.69) is 10.6 Å². The van der Waals surface area contributed by atoms with Crippen molar-refractivity contribution in [1.82, 2.24) is 5.32 Å². The highest BCUT2D eigenvalue weighted by molar-refractivity contribution is 5.89. The maximum Gasteiger partial charge on any atom is 0.405 e. The molecule has 8 nitrogen and oxygen atoms in total. The Morgan fingerprint density at radius 3 is 2.25 bits per heavy atom. The summed E-state index contributed by atoms with van der Waals surface area (Å²) in [5, 5.41) is 5.75. The molecule has 0 bridgehead atoms. The van der Waals surface area contributed by atoms with E-state index in [9.17, 15) is 9.59 Å². The lowest BCUT2D eigenvalue weighted by molar-refractivity contribution is 0.0460. The molecule has 2 rings (SSSR count). The molecule has 32 heavy (non-hydrogen) atoms. The van der Waals surface area contributed by atoms with Crippen LogP contribution in [0.4, 0.5) is 15.3 Å². The van der Waals surface area contributed by atoms with Crippen LogP contribution in [0.15, 0.2) is 42.5 Å². The number of hydrogen-bond acceptors (Lipinski definition) is 5. The summed E-state index contributed by atoms with van der Waals surface area (Å²) in [7, 11) is 1.54. The average molecular weight is 444 g/mol. The van der Waals surface area contributed by atoms with Gasteiger partial charge in [0.1, 0.15) is 11.4 Å². The molecule has 0 fully saturated rings. The van der Waals surface area contributed by atoms with Crippen LogP contribution in [0.2, 0.25) is 0 Å². The molecule has 2 aromatic rings. The minimum Gasteiger partial charge on any atom is -0.493 e. The molecule has 4 N–H and O–H groups in total. The lowest BCUT2D eigenvalue weighted by Crippen LogP contribution is -2.37. The number of benzene rings is 2. The number of methoxy groups -OCH3 is 1. The summed E-state index contributed by atoms with van der Waals surface area (Å²) in [5.41, 5.74) is 5.99. The number of anilines is 1. The maximum absolute atomic E-state index is 12.2. The zero-order chi connectivity index (χ0) is 23.7. The molecular weight excluding hydrogens is 410 g/mol. The van der Waals surface area contributed by atoms with E-state index in [-0.39, 0.29) is 12.1 Å². The molecule has 2 aromatic carbocycles. The Kier molecular flexibility index (Phi) is 8.75. The SMILES string of the molecule is CCC(CC)NC(=O)Nc1ccc(Oc2ccc(CC(C)(C)OC(N)=O)cc2)c(OC)c1. The van der Waals surface area contributed by atoms with Crippen molar-refractivity contribution in [3.8, 4) is 17.2 Å². The first kappa shape index (κ1) is 24.8. The zero-order valence-electron chi connectivity index (χ0n) is 19.4. The topological polar surface area (TPSA) is 112 Å². The van der Waals surface area contributed by atoms with Crippen molar-refractivity contribution < 1.29 is 23.8 Å². The molecule has 0 heterocycles. The molecule has 0 atom stereocenters. The second-order valence-electron chi connectivity index (χ2n) is 8.08. The largest absolute Gasteiger partial charge is 0.493 e. The monoisotopic (exact) mass is 443 g/mol. The van der Waals surface area contributed by atoms with Crippen molar-refractivity contribution in [1.29, 1.82) is 0 Å². The van der Waals surface area contributed by atoms with Gasteiger partial charge in [0.25, 0.3) is 0 Å². The normalized spacial score (nSPS) is 11.1. The first-order chi connectivity index (χ1) is 15.2. The van der Waals surface area contributed by atoms with Gasteiger partial charge < -0.3 is 30.6 Å². The van der Waals surface area contributed by atoms with E-state index >= 15 is 0 Å². The van der Waals surface area contributed by atoms with Crippen LogP contribution in [0.5, 0.6) is 17.2 Å². The fraction of sp³-hybridized carbons (Fsp3) is 0.417. The molecular formula is C24H33N3O5. The predicted octanol–water partition coefficient (Wildman–Crippen LogP) is 5.21. The van der Waals surface area contributed by atoms with Crippen molar-refractivity contribution in [2.24, 2.45) is 5.73 Å². The summed E-state index contributed by atoms with van der Waals surface area (Å²) >= 11 is 0. The minimum atomic E-state index is -0.798. The highest BCUT2D eigenvalue weighted by Gasteiger charge is 2.22. The van der Waals surface area contributed by atoms with E-state index in [1.54, 1.807) is 39.2 Å². The van der Waals surface area contributed by atoms with Crippen molar-refractivity contribution >= 4 is 17.8 Å². The molecule has 0 saturated carbocycles. The molecule has 0 aliphatic carbocycles. The van der Waals surface area contributed by atoms with Crippen LogP contribution in [-0.2, 0) is 11.2 Å². The lowest BCUT2D eigenvalue weighted by Gasteiger charge is -2.24. The van der Waals surface area contributed by atoms with E-state index in [0.29, 0.717) is 29.4 Å². The van der Waals surface area contributed by atoms with Gasteiger partial charge in [-0.2, -0.15) is 0 Å². The smallest absolute Gasteiger partial charge is 0.405 e. The van der Waals surface area contributed by atoms with Crippen LogP contribution in [0.25, 0.3) is 0 Å². The number of amides is 3. The van der Waals surface area contributed by atoms with Gasteiger partial charge in [-0.3, -0.25) is 0 Å². The quantitative estimate of drug-likeness (QED) is 0.466. The number of carbonyl (C=O) groups is 2. The number of hydrogen-bond donors (Lipinski definition) is 3. The van der Waals surface area contributed by atoms with Crippen LogP contribution >= 0.6 is 0 Å². The van der Waals surface area contributed by atoms with E-state index in [4.69, 9.17) is 19.9 Å². The number of ether oxygens (including phenoxy) is 3. The average Bonchev–Trinajstić information content (AvgIpc) is 2.73. The highest BCUT2D eigenvalue weighted by Crippen LogP contribution is 2.34. The van der Waals surface area contributed by atoms with Gasteiger partial charge in [0.15, 0.2) is 11.5 Å². The second kappa shape index (κ2) is 11.3. The summed E-state index contributed by atoms with van der Waals surface area (Å²) in [5.74, 6) is 1.63. The van der Waals surface area contributed by atoms with E-state index < -0.39 is 11.7 Å². The van der Waals surface area contributed by atoms with Crippen molar-refractivity contribution in [2.45, 2.75) is 58.6 Å². The second-order valence-corrected chi connectivity index (χ2v) is 8.08. The molecule has 0 spiro atoms. The summed E-state index contributed by atoms with van der Waals surface area (Å²) in [6.45, 7) is 7.67. The number of nitrogens with two attached hydrogens (primary N) is 1. The minimum absolute atomic E-state index is 0.135. The van der Waals surface area contributed by atoms with Gasteiger partial charge in [-0.1, -0.05) is 26.0 Å². The number of nitrogens with one attached hydrogen (secondary N) is 2. The summed E-state index contributed by atoms with van der Waals surface area (Å²) in [6, 6.07) is 12.5. The Balaban J connectivity index is 2.04. The highest BCUT2D eigenvalue weighted by atomic mass is 16.6. The van der Waals surface area contributed by atoms with Gasteiger partial charge in [-0.05, 0) is 56.5 Å². The van der Waals surface area contributed by atoms with Crippen LogP contribution < -0.4 is 25.8 Å². The first-order valence-corrected chi connectivity index (χ1v) is 10.7. The zero-order valence-corrected chi connectivity index (χ0v) is 19.4. The van der Waals surface area contributed by atoms with Gasteiger partial charge in [0, 0.05) is 24.2 Å². The molecule has 0 saturated heterocycles. The molecule has 3 amide bonds.